The Morgan fingerprint density at radius 3 is 1.81 bits per heavy atom. The number of fused-ring (bicyclic) bond motifs is 2. The second kappa shape index (κ2) is 7.50. The van der Waals surface area contributed by atoms with Gasteiger partial charge in [0.1, 0.15) is 24.7 Å². The van der Waals surface area contributed by atoms with E-state index in [1.807, 2.05) is 0 Å². The van der Waals surface area contributed by atoms with Crippen molar-refractivity contribution in [1.29, 1.82) is 0 Å². The number of aryl methyl sites for hydroxylation is 6. The summed E-state index contributed by atoms with van der Waals surface area (Å²) in [5.74, 6) is 0. The molecule has 0 N–H and O–H groups in total. The van der Waals surface area contributed by atoms with Crippen LogP contribution < -0.4 is 0 Å². The van der Waals surface area contributed by atoms with Gasteiger partial charge in [-0.1, -0.05) is 49.2 Å². The lowest BCUT2D eigenvalue weighted by molar-refractivity contribution is -0.602. The molecule has 1 saturated carbocycles. The summed E-state index contributed by atoms with van der Waals surface area (Å²) < 4.78 is 2.66. The molecule has 2 bridgehead atoms. The molecule has 2 aliphatic rings. The van der Waals surface area contributed by atoms with Gasteiger partial charge < -0.3 is 0 Å². The molecule has 0 aromatic heterocycles. The Morgan fingerprint density at radius 2 is 1.29 bits per heavy atom. The maximum absolute atomic E-state index is 2.68. The van der Waals surface area contributed by atoms with Gasteiger partial charge in [-0.3, -0.25) is 9.48 Å². The maximum Gasteiger partial charge on any atom is 0.235 e. The average Bonchev–Trinajstić information content (AvgIpc) is 2.79. The minimum atomic E-state index is 0.190. The van der Waals surface area contributed by atoms with Crippen molar-refractivity contribution in [2.24, 2.45) is 5.41 Å². The maximum atomic E-state index is 2.68. The summed E-state index contributed by atoms with van der Waals surface area (Å²) in [4.78, 5) is 2.68. The first-order chi connectivity index (χ1) is 14.4. The Morgan fingerprint density at radius 1 is 0.806 bits per heavy atom. The highest BCUT2D eigenvalue weighted by Gasteiger charge is 2.62. The Balaban J connectivity index is 1.77. The number of hydrogen-bond acceptors (Lipinski definition) is 1. The molecule has 1 aliphatic heterocycles. The van der Waals surface area contributed by atoms with Gasteiger partial charge in [0.2, 0.25) is 6.34 Å². The zero-order valence-corrected chi connectivity index (χ0v) is 21.2. The molecule has 1 aliphatic carbocycles. The third-order valence-electron chi connectivity index (χ3n) is 8.80. The minimum Gasteiger partial charge on any atom is -0.261 e. The van der Waals surface area contributed by atoms with E-state index >= 15 is 0 Å². The van der Waals surface area contributed by atoms with Crippen molar-refractivity contribution < 1.29 is 4.58 Å². The van der Waals surface area contributed by atoms with Crippen molar-refractivity contribution in [2.45, 2.75) is 99.8 Å². The normalized spacial score (nSPS) is 24.5. The quantitative estimate of drug-likeness (QED) is 0.512. The first kappa shape index (κ1) is 22.1. The van der Waals surface area contributed by atoms with Gasteiger partial charge in [0, 0.05) is 5.41 Å². The molecule has 1 fully saturated rings. The monoisotopic (exact) mass is 417 g/mol. The van der Waals surface area contributed by atoms with Crippen LogP contribution in [0.1, 0.15) is 78.1 Å². The average molecular weight is 418 g/mol. The van der Waals surface area contributed by atoms with Crippen LogP contribution in [-0.2, 0) is 13.1 Å². The summed E-state index contributed by atoms with van der Waals surface area (Å²) in [5, 5.41) is 0. The van der Waals surface area contributed by atoms with Crippen LogP contribution in [0, 0.1) is 47.0 Å². The smallest absolute Gasteiger partial charge is 0.235 e. The summed E-state index contributed by atoms with van der Waals surface area (Å²) in [5.41, 5.74) is 11.8. The molecule has 4 rings (SSSR count). The van der Waals surface area contributed by atoms with Crippen LogP contribution in [0.3, 0.4) is 0 Å². The lowest BCUT2D eigenvalue weighted by atomic mass is 9.71. The molecule has 0 amide bonds. The SMILES string of the molecule is Cc1cc(C)c(CN2C=[N+](Cc3c(C)cc(C)cc3C)C3CCC2(C)C3(C)C)c(C)c1. The van der Waals surface area contributed by atoms with Gasteiger partial charge in [-0.05, 0) is 94.7 Å². The highest BCUT2D eigenvalue weighted by molar-refractivity contribution is 5.55. The van der Waals surface area contributed by atoms with Gasteiger partial charge in [0.25, 0.3) is 0 Å². The molecule has 2 atom stereocenters. The van der Waals surface area contributed by atoms with E-state index in [1.54, 1.807) is 0 Å². The highest BCUT2D eigenvalue weighted by Crippen LogP contribution is 2.53. The molecule has 0 spiro atoms. The fourth-order valence-corrected chi connectivity index (χ4v) is 6.58. The van der Waals surface area contributed by atoms with Crippen LogP contribution in [0.25, 0.3) is 0 Å². The molecular formula is C29H41N2+. The van der Waals surface area contributed by atoms with Crippen LogP contribution in [0.5, 0.6) is 0 Å². The lowest BCUT2D eigenvalue weighted by Crippen LogP contribution is -2.61. The molecule has 1 heterocycles. The van der Waals surface area contributed by atoms with Crippen molar-refractivity contribution in [2.75, 3.05) is 0 Å². The van der Waals surface area contributed by atoms with E-state index in [4.69, 9.17) is 0 Å². The van der Waals surface area contributed by atoms with E-state index in [9.17, 15) is 0 Å². The molecule has 0 radical (unpaired) electrons. The molecule has 2 heteroatoms. The first-order valence-electron chi connectivity index (χ1n) is 11.9. The van der Waals surface area contributed by atoms with Gasteiger partial charge in [-0.15, -0.1) is 0 Å². The fraction of sp³-hybridized carbons (Fsp3) is 0.552. The van der Waals surface area contributed by atoms with Crippen LogP contribution >= 0.6 is 0 Å². The van der Waals surface area contributed by atoms with E-state index in [0.717, 1.165) is 13.1 Å². The number of hydrogen-bond donors (Lipinski definition) is 0. The summed E-state index contributed by atoms with van der Waals surface area (Å²) in [6.45, 7) is 23.0. The Hall–Kier alpha value is -2.09. The molecule has 2 aromatic rings. The number of benzene rings is 2. The van der Waals surface area contributed by atoms with E-state index in [1.165, 1.54) is 57.3 Å². The zero-order valence-electron chi connectivity index (χ0n) is 21.2. The van der Waals surface area contributed by atoms with Gasteiger partial charge >= 0.3 is 0 Å². The second-order valence-corrected chi connectivity index (χ2v) is 11.2. The van der Waals surface area contributed by atoms with Crippen molar-refractivity contribution in [3.8, 4) is 0 Å². The fourth-order valence-electron chi connectivity index (χ4n) is 6.58. The summed E-state index contributed by atoms with van der Waals surface area (Å²) in [7, 11) is 0. The van der Waals surface area contributed by atoms with Gasteiger partial charge in [-0.2, -0.15) is 0 Å². The molecule has 2 unspecified atom stereocenters. The molecule has 0 saturated heterocycles. The predicted molar refractivity (Wildman–Crippen MR) is 132 cm³/mol. The summed E-state index contributed by atoms with van der Waals surface area (Å²) in [6.07, 6.45) is 5.01. The standard InChI is InChI=1S/C29H41N2/c1-19-12-21(3)25(22(4)13-19)16-30-18-31(29(9)11-10-27(30)28(29,7)8)17-26-23(5)14-20(2)15-24(26)6/h12-15,18,27H,10-11,16-17H2,1-9H3/q+1. The minimum absolute atomic E-state index is 0.190. The largest absolute Gasteiger partial charge is 0.261 e. The van der Waals surface area contributed by atoms with E-state index in [-0.39, 0.29) is 11.0 Å². The Bertz CT molecular complexity index is 1010. The first-order valence-corrected chi connectivity index (χ1v) is 11.9. The molecule has 2 nitrogen and oxygen atoms in total. The lowest BCUT2D eigenvalue weighted by Gasteiger charge is -2.47. The topological polar surface area (TPSA) is 6.25 Å². The van der Waals surface area contributed by atoms with Crippen LogP contribution in [0.15, 0.2) is 24.3 Å². The molecule has 31 heavy (non-hydrogen) atoms. The zero-order chi connectivity index (χ0) is 22.7. The molecule has 2 aromatic carbocycles. The third-order valence-corrected chi connectivity index (χ3v) is 8.80. The van der Waals surface area contributed by atoms with E-state index in [0.29, 0.717) is 6.04 Å². The van der Waals surface area contributed by atoms with Crippen molar-refractivity contribution in [1.82, 2.24) is 4.90 Å². The van der Waals surface area contributed by atoms with Crippen molar-refractivity contribution in [3.05, 3.63) is 68.8 Å². The second-order valence-electron chi connectivity index (χ2n) is 11.2. The molecular weight excluding hydrogens is 376 g/mol. The van der Waals surface area contributed by atoms with Crippen molar-refractivity contribution in [3.63, 3.8) is 0 Å². The van der Waals surface area contributed by atoms with E-state index in [2.05, 4.69) is 102 Å². The van der Waals surface area contributed by atoms with Crippen LogP contribution in [0.4, 0.5) is 0 Å². The van der Waals surface area contributed by atoms with Gasteiger partial charge in [0.15, 0.2) is 0 Å². The van der Waals surface area contributed by atoms with Gasteiger partial charge in [0.05, 0.1) is 0 Å². The number of nitrogens with zero attached hydrogens (tertiary/aromatic N) is 2. The summed E-state index contributed by atoms with van der Waals surface area (Å²) in [6, 6.07) is 9.95. The predicted octanol–water partition coefficient (Wildman–Crippen LogP) is 6.54. The van der Waals surface area contributed by atoms with E-state index < -0.39 is 0 Å². The van der Waals surface area contributed by atoms with Gasteiger partial charge in [-0.25, -0.2) is 0 Å². The van der Waals surface area contributed by atoms with Crippen LogP contribution in [0.2, 0.25) is 0 Å². The molecule has 166 valence electrons. The van der Waals surface area contributed by atoms with Crippen LogP contribution in [-0.4, -0.2) is 27.4 Å². The van der Waals surface area contributed by atoms with Crippen molar-refractivity contribution >= 4 is 6.34 Å². The Kier molecular flexibility index (Phi) is 5.35. The highest BCUT2D eigenvalue weighted by atomic mass is 15.3. The third kappa shape index (κ3) is 3.52. The number of rotatable bonds is 4. The Labute approximate surface area is 190 Å². The summed E-state index contributed by atoms with van der Waals surface area (Å²) >= 11 is 0.